The summed E-state index contributed by atoms with van der Waals surface area (Å²) in [4.78, 5) is 14.8. The maximum atomic E-state index is 12.7. The van der Waals surface area contributed by atoms with Crippen molar-refractivity contribution in [1.29, 1.82) is 0 Å². The number of nitrogens with one attached hydrogen (secondary N) is 1. The summed E-state index contributed by atoms with van der Waals surface area (Å²) < 4.78 is 0. The summed E-state index contributed by atoms with van der Waals surface area (Å²) in [5.41, 5.74) is 0. The predicted molar refractivity (Wildman–Crippen MR) is 90.1 cm³/mol. The Bertz CT molecular complexity index is 304. The maximum Gasteiger partial charge on any atom is 0.241 e. The van der Waals surface area contributed by atoms with Crippen molar-refractivity contribution in [2.24, 2.45) is 11.8 Å². The first-order valence-electron chi connectivity index (χ1n) is 9.09. The Labute approximate surface area is 131 Å². The molecule has 3 unspecified atom stereocenters. The third-order valence-electron chi connectivity index (χ3n) is 4.62. The van der Waals surface area contributed by atoms with E-state index in [2.05, 4.69) is 44.8 Å². The molecule has 0 aromatic heterocycles. The van der Waals surface area contributed by atoms with Gasteiger partial charge in [0.25, 0.3) is 0 Å². The fourth-order valence-electron chi connectivity index (χ4n) is 3.30. The van der Waals surface area contributed by atoms with Crippen molar-refractivity contribution >= 4 is 5.91 Å². The lowest BCUT2D eigenvalue weighted by molar-refractivity contribution is -0.131. The van der Waals surface area contributed by atoms with E-state index in [0.717, 1.165) is 25.8 Å². The predicted octanol–water partition coefficient (Wildman–Crippen LogP) is 4.18. The summed E-state index contributed by atoms with van der Waals surface area (Å²) in [6.07, 6.45) is 8.31. The molecule has 0 bridgehead atoms. The van der Waals surface area contributed by atoms with E-state index in [4.69, 9.17) is 0 Å². The van der Waals surface area contributed by atoms with Gasteiger partial charge in [0.15, 0.2) is 0 Å². The molecule has 1 rings (SSSR count). The topological polar surface area (TPSA) is 32.3 Å². The van der Waals surface area contributed by atoms with Crippen molar-refractivity contribution in [3.05, 3.63) is 0 Å². The largest absolute Gasteiger partial charge is 0.326 e. The summed E-state index contributed by atoms with van der Waals surface area (Å²) in [7, 11) is 0. The molecule has 0 spiro atoms. The van der Waals surface area contributed by atoms with Crippen LogP contribution in [0.2, 0.25) is 0 Å². The summed E-state index contributed by atoms with van der Waals surface area (Å²) in [6, 6.07) is 0.0578. The Morgan fingerprint density at radius 2 is 1.90 bits per heavy atom. The molecule has 0 aromatic carbocycles. The molecule has 1 amide bonds. The van der Waals surface area contributed by atoms with Crippen molar-refractivity contribution in [2.75, 3.05) is 6.54 Å². The maximum absolute atomic E-state index is 12.7. The standard InChI is InChI=1S/C18H36N2O/c1-6-9-11-15(8-3)13-20-17(12-14(4)5)19-16(10-7-2)18(20)21/h14-17,19H,6-13H2,1-5H3. The number of rotatable bonds is 10. The second-order valence-corrected chi connectivity index (χ2v) is 7.06. The van der Waals surface area contributed by atoms with Gasteiger partial charge in [0.2, 0.25) is 5.91 Å². The highest BCUT2D eigenvalue weighted by Gasteiger charge is 2.38. The minimum absolute atomic E-state index is 0.0578. The van der Waals surface area contributed by atoms with Crippen LogP contribution in [0.5, 0.6) is 0 Å². The highest BCUT2D eigenvalue weighted by molar-refractivity contribution is 5.84. The molecule has 3 heteroatoms. The van der Waals surface area contributed by atoms with E-state index in [1.165, 1.54) is 25.7 Å². The Balaban J connectivity index is 2.69. The van der Waals surface area contributed by atoms with E-state index >= 15 is 0 Å². The molecule has 1 heterocycles. The lowest BCUT2D eigenvalue weighted by Crippen LogP contribution is -2.41. The number of hydrogen-bond acceptors (Lipinski definition) is 2. The van der Waals surface area contributed by atoms with Crippen molar-refractivity contribution in [3.63, 3.8) is 0 Å². The van der Waals surface area contributed by atoms with Crippen molar-refractivity contribution < 1.29 is 4.79 Å². The van der Waals surface area contributed by atoms with Gasteiger partial charge in [0, 0.05) is 6.54 Å². The van der Waals surface area contributed by atoms with E-state index in [9.17, 15) is 4.79 Å². The normalized spacial score (nSPS) is 24.1. The third kappa shape index (κ3) is 5.61. The molecule has 1 aliphatic heterocycles. The zero-order chi connectivity index (χ0) is 15.8. The molecule has 3 atom stereocenters. The molecule has 1 saturated heterocycles. The number of amides is 1. The van der Waals surface area contributed by atoms with Gasteiger partial charge < -0.3 is 4.90 Å². The van der Waals surface area contributed by atoms with Gasteiger partial charge in [-0.3, -0.25) is 10.1 Å². The molecule has 0 saturated carbocycles. The molecule has 0 aliphatic carbocycles. The fraction of sp³-hybridized carbons (Fsp3) is 0.944. The highest BCUT2D eigenvalue weighted by Crippen LogP contribution is 2.24. The SMILES string of the molecule is CCCCC(CC)CN1C(=O)C(CCC)NC1CC(C)C. The second-order valence-electron chi connectivity index (χ2n) is 7.06. The first kappa shape index (κ1) is 18.5. The average molecular weight is 296 g/mol. The quantitative estimate of drug-likeness (QED) is 0.656. The molecule has 0 radical (unpaired) electrons. The zero-order valence-corrected chi connectivity index (χ0v) is 14.8. The molecule has 124 valence electrons. The zero-order valence-electron chi connectivity index (χ0n) is 14.8. The van der Waals surface area contributed by atoms with Crippen LogP contribution in [0.15, 0.2) is 0 Å². The number of unbranched alkanes of at least 4 members (excludes halogenated alkanes) is 1. The Kier molecular flexibility index (Phi) is 8.31. The van der Waals surface area contributed by atoms with Crippen molar-refractivity contribution in [2.45, 2.75) is 91.8 Å². The van der Waals surface area contributed by atoms with E-state index < -0.39 is 0 Å². The average Bonchev–Trinajstić information content (AvgIpc) is 2.71. The van der Waals surface area contributed by atoms with Gasteiger partial charge in [0.1, 0.15) is 0 Å². The molecule has 1 fully saturated rings. The number of nitrogens with zero attached hydrogens (tertiary/aromatic N) is 1. The van der Waals surface area contributed by atoms with Gasteiger partial charge in [-0.2, -0.15) is 0 Å². The van der Waals surface area contributed by atoms with E-state index in [1.54, 1.807) is 0 Å². The molecule has 1 aliphatic rings. The number of hydrogen-bond donors (Lipinski definition) is 1. The first-order chi connectivity index (χ1) is 10.0. The lowest BCUT2D eigenvalue weighted by atomic mass is 9.98. The number of carbonyl (C=O) groups is 1. The summed E-state index contributed by atoms with van der Waals surface area (Å²) >= 11 is 0. The van der Waals surface area contributed by atoms with Gasteiger partial charge in [-0.25, -0.2) is 0 Å². The first-order valence-corrected chi connectivity index (χ1v) is 9.09. The van der Waals surface area contributed by atoms with Gasteiger partial charge in [0.05, 0.1) is 12.2 Å². The van der Waals surface area contributed by atoms with E-state index in [0.29, 0.717) is 17.7 Å². The van der Waals surface area contributed by atoms with Gasteiger partial charge >= 0.3 is 0 Å². The molecule has 21 heavy (non-hydrogen) atoms. The van der Waals surface area contributed by atoms with Crippen LogP contribution in [0.3, 0.4) is 0 Å². The van der Waals surface area contributed by atoms with Crippen LogP contribution < -0.4 is 5.32 Å². The second kappa shape index (κ2) is 9.45. The molecule has 3 nitrogen and oxygen atoms in total. The molecule has 1 N–H and O–H groups in total. The van der Waals surface area contributed by atoms with Crippen LogP contribution in [-0.2, 0) is 4.79 Å². The minimum Gasteiger partial charge on any atom is -0.326 e. The monoisotopic (exact) mass is 296 g/mol. The van der Waals surface area contributed by atoms with Crippen LogP contribution in [0.4, 0.5) is 0 Å². The number of carbonyl (C=O) groups excluding carboxylic acids is 1. The Morgan fingerprint density at radius 3 is 2.43 bits per heavy atom. The molecular formula is C18H36N2O. The van der Waals surface area contributed by atoms with Gasteiger partial charge in [-0.15, -0.1) is 0 Å². The Hall–Kier alpha value is -0.570. The van der Waals surface area contributed by atoms with Crippen LogP contribution in [0, 0.1) is 11.8 Å². The van der Waals surface area contributed by atoms with E-state index in [-0.39, 0.29) is 12.2 Å². The summed E-state index contributed by atoms with van der Waals surface area (Å²) in [6.45, 7) is 12.1. The summed E-state index contributed by atoms with van der Waals surface area (Å²) in [5, 5.41) is 3.59. The van der Waals surface area contributed by atoms with Crippen molar-refractivity contribution in [3.8, 4) is 0 Å². The van der Waals surface area contributed by atoms with Crippen LogP contribution in [0.1, 0.15) is 79.6 Å². The smallest absolute Gasteiger partial charge is 0.241 e. The Morgan fingerprint density at radius 1 is 1.19 bits per heavy atom. The minimum atomic E-state index is 0.0578. The van der Waals surface area contributed by atoms with Crippen LogP contribution in [0.25, 0.3) is 0 Å². The van der Waals surface area contributed by atoms with Gasteiger partial charge in [-0.05, 0) is 31.1 Å². The fourth-order valence-corrected chi connectivity index (χ4v) is 3.30. The van der Waals surface area contributed by atoms with Crippen LogP contribution >= 0.6 is 0 Å². The van der Waals surface area contributed by atoms with Crippen molar-refractivity contribution in [1.82, 2.24) is 10.2 Å². The molecule has 0 aromatic rings. The van der Waals surface area contributed by atoms with Crippen LogP contribution in [-0.4, -0.2) is 29.6 Å². The van der Waals surface area contributed by atoms with Gasteiger partial charge in [-0.1, -0.05) is 60.3 Å². The van der Waals surface area contributed by atoms with E-state index in [1.807, 2.05) is 0 Å². The third-order valence-corrected chi connectivity index (χ3v) is 4.62. The molecular weight excluding hydrogens is 260 g/mol. The highest BCUT2D eigenvalue weighted by atomic mass is 16.2. The summed E-state index contributed by atoms with van der Waals surface area (Å²) in [5.74, 6) is 1.62. The lowest BCUT2D eigenvalue weighted by Gasteiger charge is -2.29.